The summed E-state index contributed by atoms with van der Waals surface area (Å²) in [5, 5.41) is 17.6. The molecule has 0 aliphatic carbocycles. The number of nitrogens with zero attached hydrogens (tertiary/aromatic N) is 4. The van der Waals surface area contributed by atoms with E-state index in [2.05, 4.69) is 41.2 Å². The Morgan fingerprint density at radius 1 is 1.27 bits per heavy atom. The molecule has 0 aliphatic rings. The third-order valence-corrected chi connectivity index (χ3v) is 3.96. The molecule has 2 rings (SSSR count). The van der Waals surface area contributed by atoms with Gasteiger partial charge in [-0.1, -0.05) is 20.3 Å². The highest BCUT2D eigenvalue weighted by Gasteiger charge is 2.15. The minimum absolute atomic E-state index is 0.286. The highest BCUT2D eigenvalue weighted by atomic mass is 16.3. The number of aryl methyl sites for hydroxylation is 1. The molecule has 6 nitrogen and oxygen atoms in total. The summed E-state index contributed by atoms with van der Waals surface area (Å²) in [5.74, 6) is 1.70. The molecule has 0 aliphatic heterocycles. The first kappa shape index (κ1) is 16.4. The zero-order valence-corrected chi connectivity index (χ0v) is 13.9. The lowest BCUT2D eigenvalue weighted by Crippen LogP contribution is -2.24. The van der Waals surface area contributed by atoms with Gasteiger partial charge in [0.15, 0.2) is 0 Å². The highest BCUT2D eigenvalue weighted by Crippen LogP contribution is 2.18. The summed E-state index contributed by atoms with van der Waals surface area (Å²) in [6.07, 6.45) is 2.25. The molecule has 0 radical (unpaired) electrons. The van der Waals surface area contributed by atoms with Crippen LogP contribution in [0.15, 0.2) is 18.3 Å². The van der Waals surface area contributed by atoms with Crippen LogP contribution in [-0.4, -0.2) is 30.9 Å². The van der Waals surface area contributed by atoms with E-state index in [-0.39, 0.29) is 6.04 Å². The first-order chi connectivity index (χ1) is 10.4. The van der Waals surface area contributed by atoms with E-state index in [0.29, 0.717) is 23.4 Å². The summed E-state index contributed by atoms with van der Waals surface area (Å²) < 4.78 is 1.63. The van der Waals surface area contributed by atoms with Crippen LogP contribution >= 0.6 is 0 Å². The van der Waals surface area contributed by atoms with Crippen molar-refractivity contribution in [3.63, 3.8) is 0 Å². The average Bonchev–Trinajstić information content (AvgIpc) is 2.92. The number of aliphatic hydroxyl groups excluding tert-OH is 1. The van der Waals surface area contributed by atoms with E-state index in [1.165, 1.54) is 0 Å². The minimum atomic E-state index is -0.655. The zero-order chi connectivity index (χ0) is 16.3. The number of anilines is 1. The highest BCUT2D eigenvalue weighted by molar-refractivity contribution is 5.40. The summed E-state index contributed by atoms with van der Waals surface area (Å²) >= 11 is 0. The van der Waals surface area contributed by atoms with Crippen LogP contribution in [-0.2, 0) is 0 Å². The van der Waals surface area contributed by atoms with Crippen molar-refractivity contribution in [3.8, 4) is 5.95 Å². The molecule has 0 aromatic carbocycles. The van der Waals surface area contributed by atoms with Crippen molar-refractivity contribution in [1.29, 1.82) is 0 Å². The predicted molar refractivity (Wildman–Crippen MR) is 87.1 cm³/mol. The van der Waals surface area contributed by atoms with Crippen LogP contribution in [0.1, 0.15) is 51.6 Å². The molecule has 2 heterocycles. The molecule has 0 bridgehead atoms. The Labute approximate surface area is 131 Å². The van der Waals surface area contributed by atoms with Crippen molar-refractivity contribution in [3.05, 3.63) is 29.7 Å². The van der Waals surface area contributed by atoms with Gasteiger partial charge in [0.1, 0.15) is 5.82 Å². The van der Waals surface area contributed by atoms with Crippen molar-refractivity contribution in [1.82, 2.24) is 19.7 Å². The molecule has 6 heteroatoms. The van der Waals surface area contributed by atoms with E-state index in [0.717, 1.165) is 12.1 Å². The third-order valence-electron chi connectivity index (χ3n) is 3.96. The minimum Gasteiger partial charge on any atom is -0.387 e. The molecule has 3 atom stereocenters. The van der Waals surface area contributed by atoms with Crippen LogP contribution in [0.5, 0.6) is 0 Å². The van der Waals surface area contributed by atoms with Gasteiger partial charge in [0.2, 0.25) is 0 Å². The lowest BCUT2D eigenvalue weighted by Gasteiger charge is -2.21. The van der Waals surface area contributed by atoms with E-state index in [9.17, 15) is 5.11 Å². The Morgan fingerprint density at radius 3 is 2.55 bits per heavy atom. The summed E-state index contributed by atoms with van der Waals surface area (Å²) in [4.78, 5) is 8.91. The Kier molecular flexibility index (Phi) is 5.13. The molecule has 0 saturated carbocycles. The summed E-state index contributed by atoms with van der Waals surface area (Å²) in [5.41, 5.74) is 1.48. The number of rotatable bonds is 6. The Balaban J connectivity index is 2.35. The quantitative estimate of drug-likeness (QED) is 0.858. The van der Waals surface area contributed by atoms with Crippen molar-refractivity contribution in [2.45, 2.75) is 53.2 Å². The van der Waals surface area contributed by atoms with Gasteiger partial charge in [0.25, 0.3) is 5.95 Å². The van der Waals surface area contributed by atoms with E-state index in [4.69, 9.17) is 0 Å². The molecule has 0 spiro atoms. The maximum absolute atomic E-state index is 9.87. The third kappa shape index (κ3) is 3.82. The van der Waals surface area contributed by atoms with Gasteiger partial charge < -0.3 is 10.4 Å². The molecular formula is C16H25N5O. The summed E-state index contributed by atoms with van der Waals surface area (Å²) in [7, 11) is 0. The normalized spacial score (nSPS) is 15.4. The Morgan fingerprint density at radius 2 is 2.00 bits per heavy atom. The fourth-order valence-corrected chi connectivity index (χ4v) is 2.10. The monoisotopic (exact) mass is 303 g/mol. The standard InChI is InChI=1S/C16H25N5O/c1-6-10(2)12(4)17-15-9-14(13(5)22)18-16(19-15)21-8-7-11(3)20-21/h7-10,12-13,22H,6H2,1-5H3,(H,17,18,19). The van der Waals surface area contributed by atoms with Crippen molar-refractivity contribution >= 4 is 5.82 Å². The van der Waals surface area contributed by atoms with E-state index in [1.807, 2.05) is 19.2 Å². The van der Waals surface area contributed by atoms with Gasteiger partial charge in [-0.05, 0) is 32.8 Å². The first-order valence-corrected chi connectivity index (χ1v) is 7.77. The largest absolute Gasteiger partial charge is 0.387 e. The molecule has 0 amide bonds. The molecule has 0 saturated heterocycles. The van der Waals surface area contributed by atoms with E-state index < -0.39 is 6.10 Å². The number of hydrogen-bond acceptors (Lipinski definition) is 5. The number of aromatic nitrogens is 4. The fourth-order valence-electron chi connectivity index (χ4n) is 2.10. The Bertz CT molecular complexity index is 623. The van der Waals surface area contributed by atoms with Gasteiger partial charge in [-0.15, -0.1) is 0 Å². The number of aliphatic hydroxyl groups is 1. The second-order valence-corrected chi connectivity index (χ2v) is 5.87. The van der Waals surface area contributed by atoms with Crippen LogP contribution < -0.4 is 5.32 Å². The number of hydrogen-bond donors (Lipinski definition) is 2. The van der Waals surface area contributed by atoms with Gasteiger partial charge in [0, 0.05) is 18.3 Å². The topological polar surface area (TPSA) is 75.9 Å². The lowest BCUT2D eigenvalue weighted by molar-refractivity contribution is 0.194. The predicted octanol–water partition coefficient (Wildman–Crippen LogP) is 2.87. The van der Waals surface area contributed by atoms with Crippen LogP contribution in [0.25, 0.3) is 5.95 Å². The SMILES string of the molecule is CCC(C)C(C)Nc1cc(C(C)O)nc(-n2ccc(C)n2)n1. The van der Waals surface area contributed by atoms with Crippen LogP contribution in [0.3, 0.4) is 0 Å². The molecule has 2 N–H and O–H groups in total. The molecule has 22 heavy (non-hydrogen) atoms. The summed E-state index contributed by atoms with van der Waals surface area (Å²) in [6.45, 7) is 10.1. The fraction of sp³-hybridized carbons (Fsp3) is 0.562. The van der Waals surface area contributed by atoms with Gasteiger partial charge in [-0.2, -0.15) is 10.1 Å². The van der Waals surface area contributed by atoms with E-state index >= 15 is 0 Å². The Hall–Kier alpha value is -1.95. The van der Waals surface area contributed by atoms with Gasteiger partial charge in [0.05, 0.1) is 17.5 Å². The number of nitrogens with one attached hydrogen (secondary N) is 1. The van der Waals surface area contributed by atoms with Crippen LogP contribution in [0, 0.1) is 12.8 Å². The van der Waals surface area contributed by atoms with Gasteiger partial charge >= 0.3 is 0 Å². The van der Waals surface area contributed by atoms with Crippen LogP contribution in [0.4, 0.5) is 5.82 Å². The van der Waals surface area contributed by atoms with Crippen molar-refractivity contribution < 1.29 is 5.11 Å². The lowest BCUT2D eigenvalue weighted by atomic mass is 10.0. The first-order valence-electron chi connectivity index (χ1n) is 7.77. The molecule has 2 aromatic rings. The van der Waals surface area contributed by atoms with Crippen molar-refractivity contribution in [2.24, 2.45) is 5.92 Å². The van der Waals surface area contributed by atoms with Crippen molar-refractivity contribution in [2.75, 3.05) is 5.32 Å². The zero-order valence-electron chi connectivity index (χ0n) is 13.9. The molecule has 3 unspecified atom stereocenters. The van der Waals surface area contributed by atoms with Gasteiger partial charge in [-0.3, -0.25) is 0 Å². The molecule has 2 aromatic heterocycles. The molecular weight excluding hydrogens is 278 g/mol. The maximum Gasteiger partial charge on any atom is 0.252 e. The maximum atomic E-state index is 9.87. The van der Waals surface area contributed by atoms with Gasteiger partial charge in [-0.25, -0.2) is 9.67 Å². The van der Waals surface area contributed by atoms with Crippen LogP contribution in [0.2, 0.25) is 0 Å². The second kappa shape index (κ2) is 6.87. The molecule has 120 valence electrons. The van der Waals surface area contributed by atoms with E-state index in [1.54, 1.807) is 17.7 Å². The average molecular weight is 303 g/mol. The summed E-state index contributed by atoms with van der Waals surface area (Å²) in [6, 6.07) is 3.98. The molecule has 0 fully saturated rings. The smallest absolute Gasteiger partial charge is 0.252 e. The second-order valence-electron chi connectivity index (χ2n) is 5.87.